The molecule has 0 unspecified atom stereocenters. The Morgan fingerprint density at radius 3 is 2.38 bits per heavy atom. The highest BCUT2D eigenvalue weighted by Crippen LogP contribution is 2.09. The maximum atomic E-state index is 12.0. The molecular formula is C17H15NO3. The van der Waals surface area contributed by atoms with E-state index in [1.807, 2.05) is 25.1 Å². The van der Waals surface area contributed by atoms with Crippen molar-refractivity contribution in [3.63, 3.8) is 0 Å². The molecule has 0 aliphatic rings. The fraction of sp³-hybridized carbons (Fsp3) is 0.0588. The van der Waals surface area contributed by atoms with E-state index in [4.69, 9.17) is 0 Å². The lowest BCUT2D eigenvalue weighted by molar-refractivity contribution is -0.132. The Balaban J connectivity index is 2.24. The second kappa shape index (κ2) is 6.52. The lowest BCUT2D eigenvalue weighted by Crippen LogP contribution is -2.27. The molecule has 2 aromatic rings. The van der Waals surface area contributed by atoms with Gasteiger partial charge in [0.05, 0.1) is 0 Å². The Morgan fingerprint density at radius 1 is 1.05 bits per heavy atom. The third-order valence-electron chi connectivity index (χ3n) is 2.87. The molecule has 106 valence electrons. The summed E-state index contributed by atoms with van der Waals surface area (Å²) in [6, 6.07) is 15.9. The summed E-state index contributed by atoms with van der Waals surface area (Å²) in [4.78, 5) is 23.3. The van der Waals surface area contributed by atoms with Crippen LogP contribution in [0.2, 0.25) is 0 Å². The molecule has 0 fully saturated rings. The van der Waals surface area contributed by atoms with Gasteiger partial charge in [-0.3, -0.25) is 4.79 Å². The van der Waals surface area contributed by atoms with Crippen LogP contribution in [0, 0.1) is 6.92 Å². The number of hydrogen-bond donors (Lipinski definition) is 2. The summed E-state index contributed by atoms with van der Waals surface area (Å²) in [5.41, 5.74) is 1.99. The number of carboxylic acids is 1. The monoisotopic (exact) mass is 281 g/mol. The van der Waals surface area contributed by atoms with Gasteiger partial charge in [-0.15, -0.1) is 0 Å². The molecule has 0 bridgehead atoms. The molecule has 0 aromatic heterocycles. The zero-order chi connectivity index (χ0) is 15.2. The van der Waals surface area contributed by atoms with Gasteiger partial charge in [0, 0.05) is 5.56 Å². The molecule has 4 heteroatoms. The Bertz CT molecular complexity index is 690. The third kappa shape index (κ3) is 4.04. The number of rotatable bonds is 4. The highest BCUT2D eigenvalue weighted by atomic mass is 16.4. The van der Waals surface area contributed by atoms with Gasteiger partial charge in [0.15, 0.2) is 0 Å². The molecule has 0 heterocycles. The van der Waals surface area contributed by atoms with Crippen LogP contribution in [0.5, 0.6) is 0 Å². The van der Waals surface area contributed by atoms with Crippen LogP contribution in [0.4, 0.5) is 0 Å². The molecule has 2 aromatic carbocycles. The molecule has 1 amide bonds. The van der Waals surface area contributed by atoms with Crippen LogP contribution >= 0.6 is 0 Å². The van der Waals surface area contributed by atoms with Gasteiger partial charge in [0.1, 0.15) is 5.70 Å². The van der Waals surface area contributed by atoms with E-state index in [0.717, 1.165) is 11.1 Å². The first-order valence-corrected chi connectivity index (χ1v) is 6.44. The number of benzene rings is 2. The molecule has 0 atom stereocenters. The zero-order valence-corrected chi connectivity index (χ0v) is 11.5. The van der Waals surface area contributed by atoms with Gasteiger partial charge in [0.25, 0.3) is 5.91 Å². The smallest absolute Gasteiger partial charge is 0.352 e. The van der Waals surface area contributed by atoms with Crippen molar-refractivity contribution in [2.24, 2.45) is 0 Å². The zero-order valence-electron chi connectivity index (χ0n) is 11.5. The van der Waals surface area contributed by atoms with Crippen molar-refractivity contribution in [3.8, 4) is 0 Å². The van der Waals surface area contributed by atoms with E-state index in [1.54, 1.807) is 36.4 Å². The predicted octanol–water partition coefficient (Wildman–Crippen LogP) is 2.85. The average Bonchev–Trinajstić information content (AvgIpc) is 2.47. The van der Waals surface area contributed by atoms with E-state index in [-0.39, 0.29) is 5.70 Å². The van der Waals surface area contributed by atoms with Gasteiger partial charge in [0.2, 0.25) is 0 Å². The van der Waals surface area contributed by atoms with Crippen LogP contribution in [0.3, 0.4) is 0 Å². The minimum absolute atomic E-state index is 0.158. The van der Waals surface area contributed by atoms with Crippen LogP contribution < -0.4 is 5.32 Å². The summed E-state index contributed by atoms with van der Waals surface area (Å²) in [7, 11) is 0. The lowest BCUT2D eigenvalue weighted by Gasteiger charge is -2.06. The van der Waals surface area contributed by atoms with E-state index < -0.39 is 11.9 Å². The molecule has 0 saturated heterocycles. The number of nitrogens with one attached hydrogen (secondary N) is 1. The van der Waals surface area contributed by atoms with Gasteiger partial charge in [-0.25, -0.2) is 4.79 Å². The average molecular weight is 281 g/mol. The van der Waals surface area contributed by atoms with Crippen LogP contribution in [0.1, 0.15) is 21.5 Å². The summed E-state index contributed by atoms with van der Waals surface area (Å²) in [6.07, 6.45) is 1.44. The van der Waals surface area contributed by atoms with Crippen LogP contribution in [0.25, 0.3) is 6.08 Å². The highest BCUT2D eigenvalue weighted by molar-refractivity contribution is 6.02. The van der Waals surface area contributed by atoms with Crippen molar-refractivity contribution in [3.05, 3.63) is 77.0 Å². The number of aliphatic carboxylic acids is 1. The standard InChI is InChI=1S/C17H15NO3/c1-12-6-5-7-13(10-12)11-15(17(20)21)18-16(19)14-8-3-2-4-9-14/h2-11H,1H3,(H,18,19)(H,20,21). The van der Waals surface area contributed by atoms with Crippen LogP contribution in [-0.4, -0.2) is 17.0 Å². The normalized spacial score (nSPS) is 11.0. The number of aryl methyl sites for hydroxylation is 1. The molecular weight excluding hydrogens is 266 g/mol. The van der Waals surface area contributed by atoms with Crippen molar-refractivity contribution in [2.45, 2.75) is 6.92 Å². The second-order valence-corrected chi connectivity index (χ2v) is 4.60. The summed E-state index contributed by atoms with van der Waals surface area (Å²) in [6.45, 7) is 1.92. The van der Waals surface area contributed by atoms with E-state index in [2.05, 4.69) is 5.32 Å². The fourth-order valence-corrected chi connectivity index (χ4v) is 1.86. The Kier molecular flexibility index (Phi) is 4.51. The largest absolute Gasteiger partial charge is 0.477 e. The number of carbonyl (C=O) groups is 2. The summed E-state index contributed by atoms with van der Waals surface area (Å²) in [5, 5.41) is 11.6. The number of carbonyl (C=O) groups excluding carboxylic acids is 1. The Hall–Kier alpha value is -2.88. The van der Waals surface area contributed by atoms with Crippen molar-refractivity contribution < 1.29 is 14.7 Å². The molecule has 2 N–H and O–H groups in total. The van der Waals surface area contributed by atoms with Crippen molar-refractivity contribution in [1.82, 2.24) is 5.32 Å². The molecule has 2 rings (SSSR count). The maximum absolute atomic E-state index is 12.0. The number of carboxylic acid groups (broad SMARTS) is 1. The van der Waals surface area contributed by atoms with E-state index in [9.17, 15) is 14.7 Å². The Morgan fingerprint density at radius 2 is 1.76 bits per heavy atom. The Labute approximate surface area is 122 Å². The molecule has 0 spiro atoms. The first kappa shape index (κ1) is 14.5. The molecule has 4 nitrogen and oxygen atoms in total. The summed E-state index contributed by atoms with van der Waals surface area (Å²) < 4.78 is 0. The van der Waals surface area contributed by atoms with Crippen LogP contribution in [0.15, 0.2) is 60.3 Å². The minimum atomic E-state index is -1.18. The topological polar surface area (TPSA) is 66.4 Å². The fourth-order valence-electron chi connectivity index (χ4n) is 1.86. The number of hydrogen-bond acceptors (Lipinski definition) is 2. The summed E-state index contributed by atoms with van der Waals surface area (Å²) >= 11 is 0. The van der Waals surface area contributed by atoms with E-state index in [1.165, 1.54) is 6.08 Å². The molecule has 0 aliphatic heterocycles. The molecule has 0 saturated carbocycles. The first-order chi connectivity index (χ1) is 10.1. The third-order valence-corrected chi connectivity index (χ3v) is 2.87. The van der Waals surface area contributed by atoms with Gasteiger partial charge in [-0.1, -0.05) is 48.0 Å². The lowest BCUT2D eigenvalue weighted by atomic mass is 10.1. The van der Waals surface area contributed by atoms with Crippen molar-refractivity contribution in [2.75, 3.05) is 0 Å². The van der Waals surface area contributed by atoms with Crippen molar-refractivity contribution >= 4 is 18.0 Å². The van der Waals surface area contributed by atoms with Gasteiger partial charge in [-0.2, -0.15) is 0 Å². The predicted molar refractivity (Wildman–Crippen MR) is 80.7 cm³/mol. The highest BCUT2D eigenvalue weighted by Gasteiger charge is 2.13. The minimum Gasteiger partial charge on any atom is -0.477 e. The molecule has 0 radical (unpaired) electrons. The SMILES string of the molecule is Cc1cccc(C=C(NC(=O)c2ccccc2)C(=O)O)c1. The maximum Gasteiger partial charge on any atom is 0.352 e. The molecule has 21 heavy (non-hydrogen) atoms. The van der Waals surface area contributed by atoms with Gasteiger partial charge >= 0.3 is 5.97 Å². The van der Waals surface area contributed by atoms with Gasteiger partial charge < -0.3 is 10.4 Å². The van der Waals surface area contributed by atoms with Crippen molar-refractivity contribution in [1.29, 1.82) is 0 Å². The summed E-state index contributed by atoms with van der Waals surface area (Å²) in [5.74, 6) is -1.63. The van der Waals surface area contributed by atoms with Gasteiger partial charge in [-0.05, 0) is 30.7 Å². The number of amides is 1. The van der Waals surface area contributed by atoms with Crippen LogP contribution in [-0.2, 0) is 4.79 Å². The van der Waals surface area contributed by atoms with E-state index >= 15 is 0 Å². The quantitative estimate of drug-likeness (QED) is 0.847. The van der Waals surface area contributed by atoms with E-state index in [0.29, 0.717) is 5.56 Å². The second-order valence-electron chi connectivity index (χ2n) is 4.60. The molecule has 0 aliphatic carbocycles. The first-order valence-electron chi connectivity index (χ1n) is 6.44.